The van der Waals surface area contributed by atoms with Crippen molar-refractivity contribution in [2.45, 2.75) is 56.7 Å². The first-order chi connectivity index (χ1) is 9.76. The molecule has 0 aromatic heterocycles. The van der Waals surface area contributed by atoms with Gasteiger partial charge in [-0.2, -0.15) is 0 Å². The summed E-state index contributed by atoms with van der Waals surface area (Å²) in [6.07, 6.45) is 4.43. The molecule has 0 amide bonds. The Morgan fingerprint density at radius 2 is 1.95 bits per heavy atom. The summed E-state index contributed by atoms with van der Waals surface area (Å²) in [5.74, 6) is 1.42. The maximum Gasteiger partial charge on any atom is 0.0507 e. The van der Waals surface area contributed by atoms with Crippen LogP contribution in [0.1, 0.15) is 51.0 Å². The highest BCUT2D eigenvalue weighted by Gasteiger charge is 2.34. The lowest BCUT2D eigenvalue weighted by molar-refractivity contribution is 0.353. The number of rotatable bonds is 6. The van der Waals surface area contributed by atoms with Crippen LogP contribution < -0.4 is 5.32 Å². The van der Waals surface area contributed by atoms with Crippen molar-refractivity contribution in [2.24, 2.45) is 0 Å². The zero-order valence-corrected chi connectivity index (χ0v) is 13.5. The fourth-order valence-corrected chi connectivity index (χ4v) is 5.05. The molecule has 112 valence electrons. The van der Waals surface area contributed by atoms with Crippen LogP contribution in [0.2, 0.25) is 0 Å². The maximum atomic E-state index is 12.5. The van der Waals surface area contributed by atoms with Gasteiger partial charge in [-0.3, -0.25) is 4.21 Å². The molecule has 0 radical (unpaired) electrons. The summed E-state index contributed by atoms with van der Waals surface area (Å²) in [7, 11) is -0.695. The Morgan fingerprint density at radius 3 is 2.60 bits per heavy atom. The van der Waals surface area contributed by atoms with E-state index < -0.39 is 10.8 Å². The van der Waals surface area contributed by atoms with Crippen molar-refractivity contribution >= 4 is 10.8 Å². The van der Waals surface area contributed by atoms with E-state index in [4.69, 9.17) is 0 Å². The molecule has 2 rings (SSSR count). The van der Waals surface area contributed by atoms with E-state index in [1.165, 1.54) is 12.0 Å². The molecule has 1 saturated carbocycles. The molecule has 1 fully saturated rings. The molecule has 0 saturated heterocycles. The van der Waals surface area contributed by atoms with Crippen LogP contribution in [0, 0.1) is 0 Å². The summed E-state index contributed by atoms with van der Waals surface area (Å²) in [6, 6.07) is 11.2. The van der Waals surface area contributed by atoms with Crippen LogP contribution in [0.4, 0.5) is 0 Å². The number of benzene rings is 1. The van der Waals surface area contributed by atoms with Crippen molar-refractivity contribution in [1.29, 1.82) is 0 Å². The summed E-state index contributed by atoms with van der Waals surface area (Å²) in [6.45, 7) is 5.24. The predicted octanol–water partition coefficient (Wildman–Crippen LogP) is 3.46. The van der Waals surface area contributed by atoms with E-state index in [2.05, 4.69) is 49.5 Å². The van der Waals surface area contributed by atoms with Crippen molar-refractivity contribution in [2.75, 3.05) is 12.3 Å². The van der Waals surface area contributed by atoms with Crippen LogP contribution in [-0.2, 0) is 10.8 Å². The number of hydrogen-bond donors (Lipinski definition) is 1. The van der Waals surface area contributed by atoms with Crippen LogP contribution in [-0.4, -0.2) is 27.8 Å². The number of nitrogens with one attached hydrogen (secondary N) is 1. The largest absolute Gasteiger partial charge is 0.313 e. The van der Waals surface area contributed by atoms with Gasteiger partial charge in [-0.1, -0.05) is 44.2 Å². The van der Waals surface area contributed by atoms with E-state index in [1.54, 1.807) is 0 Å². The Morgan fingerprint density at radius 1 is 1.20 bits per heavy atom. The highest BCUT2D eigenvalue weighted by molar-refractivity contribution is 7.85. The molecule has 4 unspecified atom stereocenters. The molecule has 0 aliphatic heterocycles. The standard InChI is InChI=1S/C17H27NOS/c1-3-12-20(19)17-13-15(10-11-16(17)18-4-2)14-8-6-5-7-9-14/h5-9,15-18H,3-4,10-13H2,1-2H3. The topological polar surface area (TPSA) is 29.1 Å². The van der Waals surface area contributed by atoms with Gasteiger partial charge < -0.3 is 5.32 Å². The highest BCUT2D eigenvalue weighted by Crippen LogP contribution is 2.35. The third-order valence-electron chi connectivity index (χ3n) is 4.27. The molecular weight excluding hydrogens is 266 g/mol. The monoisotopic (exact) mass is 293 g/mol. The van der Waals surface area contributed by atoms with Gasteiger partial charge in [0, 0.05) is 22.6 Å². The van der Waals surface area contributed by atoms with E-state index >= 15 is 0 Å². The van der Waals surface area contributed by atoms with Crippen molar-refractivity contribution in [3.05, 3.63) is 35.9 Å². The Kier molecular flexibility index (Phi) is 6.24. The normalized spacial score (nSPS) is 28.2. The van der Waals surface area contributed by atoms with E-state index in [-0.39, 0.29) is 0 Å². The summed E-state index contributed by atoms with van der Waals surface area (Å²) in [5.41, 5.74) is 1.42. The van der Waals surface area contributed by atoms with Crippen molar-refractivity contribution in [3.63, 3.8) is 0 Å². The average molecular weight is 293 g/mol. The maximum absolute atomic E-state index is 12.5. The summed E-state index contributed by atoms with van der Waals surface area (Å²) in [5, 5.41) is 3.87. The van der Waals surface area contributed by atoms with Gasteiger partial charge in [0.15, 0.2) is 0 Å². The predicted molar refractivity (Wildman–Crippen MR) is 87.6 cm³/mol. The summed E-state index contributed by atoms with van der Waals surface area (Å²) in [4.78, 5) is 0. The van der Waals surface area contributed by atoms with E-state index in [0.29, 0.717) is 17.2 Å². The molecule has 1 aromatic rings. The summed E-state index contributed by atoms with van der Waals surface area (Å²) < 4.78 is 12.5. The van der Waals surface area contributed by atoms with Crippen LogP contribution in [0.3, 0.4) is 0 Å². The van der Waals surface area contributed by atoms with Gasteiger partial charge in [-0.05, 0) is 43.7 Å². The molecule has 2 nitrogen and oxygen atoms in total. The quantitative estimate of drug-likeness (QED) is 0.870. The van der Waals surface area contributed by atoms with Crippen LogP contribution >= 0.6 is 0 Å². The molecule has 1 aliphatic rings. The van der Waals surface area contributed by atoms with Crippen molar-refractivity contribution < 1.29 is 4.21 Å². The fraction of sp³-hybridized carbons (Fsp3) is 0.647. The molecular formula is C17H27NOS. The lowest BCUT2D eigenvalue weighted by atomic mass is 9.81. The van der Waals surface area contributed by atoms with Gasteiger partial charge in [0.05, 0.1) is 5.25 Å². The van der Waals surface area contributed by atoms with E-state index in [1.807, 2.05) is 0 Å². The second-order valence-electron chi connectivity index (χ2n) is 5.71. The minimum atomic E-state index is -0.695. The van der Waals surface area contributed by atoms with Gasteiger partial charge in [0.2, 0.25) is 0 Å². The van der Waals surface area contributed by atoms with Crippen LogP contribution in [0.25, 0.3) is 0 Å². The minimum absolute atomic E-state index is 0.314. The highest BCUT2D eigenvalue weighted by atomic mass is 32.2. The first-order valence-electron chi connectivity index (χ1n) is 7.91. The lowest BCUT2D eigenvalue weighted by Crippen LogP contribution is -2.46. The number of hydrogen-bond acceptors (Lipinski definition) is 2. The fourth-order valence-electron chi connectivity index (χ4n) is 3.30. The Hall–Kier alpha value is -0.670. The third-order valence-corrected chi connectivity index (χ3v) is 6.28. The SMILES string of the molecule is CCCS(=O)C1CC(c2ccccc2)CCC1NCC. The van der Waals surface area contributed by atoms with Gasteiger partial charge in [-0.15, -0.1) is 0 Å². The third kappa shape index (κ3) is 3.92. The molecule has 1 N–H and O–H groups in total. The van der Waals surface area contributed by atoms with Crippen molar-refractivity contribution in [3.8, 4) is 0 Å². The zero-order valence-electron chi connectivity index (χ0n) is 12.7. The Balaban J connectivity index is 2.09. The minimum Gasteiger partial charge on any atom is -0.313 e. The zero-order chi connectivity index (χ0) is 14.4. The second-order valence-corrected chi connectivity index (χ2v) is 7.48. The molecule has 4 atom stereocenters. The molecule has 0 bridgehead atoms. The summed E-state index contributed by atoms with van der Waals surface area (Å²) >= 11 is 0. The van der Waals surface area contributed by atoms with Gasteiger partial charge in [-0.25, -0.2) is 0 Å². The second kappa shape index (κ2) is 7.94. The molecule has 1 aromatic carbocycles. The van der Waals surface area contributed by atoms with Gasteiger partial charge in [0.25, 0.3) is 0 Å². The smallest absolute Gasteiger partial charge is 0.0507 e. The lowest BCUT2D eigenvalue weighted by Gasteiger charge is -2.36. The van der Waals surface area contributed by atoms with Crippen LogP contribution in [0.5, 0.6) is 0 Å². The van der Waals surface area contributed by atoms with E-state index in [0.717, 1.165) is 31.6 Å². The molecule has 20 heavy (non-hydrogen) atoms. The molecule has 1 aliphatic carbocycles. The van der Waals surface area contributed by atoms with E-state index in [9.17, 15) is 4.21 Å². The van der Waals surface area contributed by atoms with Crippen LogP contribution in [0.15, 0.2) is 30.3 Å². The molecule has 0 spiro atoms. The molecule has 3 heteroatoms. The molecule has 0 heterocycles. The first-order valence-corrected chi connectivity index (χ1v) is 9.30. The first kappa shape index (κ1) is 15.7. The van der Waals surface area contributed by atoms with Gasteiger partial charge in [0.1, 0.15) is 0 Å². The van der Waals surface area contributed by atoms with Crippen molar-refractivity contribution in [1.82, 2.24) is 5.32 Å². The van der Waals surface area contributed by atoms with Gasteiger partial charge >= 0.3 is 0 Å². The Bertz CT molecular complexity index is 420. The average Bonchev–Trinajstić information content (AvgIpc) is 2.49. The Labute approximate surface area is 125 Å².